The molecule has 0 unspecified atom stereocenters. The molecule has 2 heterocycles. The SMILES string of the molecule is CN(C)S(=O)(=O)N1CCC[C@H](C(=O)NCCCn2ccnc2)C1. The van der Waals surface area contributed by atoms with E-state index in [0.29, 0.717) is 19.5 Å². The number of carbonyl (C=O) groups excluding carboxylic acids is 1. The zero-order chi connectivity index (χ0) is 16.9. The second-order valence-corrected chi connectivity index (χ2v) is 8.07. The Bertz CT molecular complexity index is 600. The van der Waals surface area contributed by atoms with Gasteiger partial charge < -0.3 is 9.88 Å². The van der Waals surface area contributed by atoms with E-state index >= 15 is 0 Å². The Morgan fingerprint density at radius 3 is 2.87 bits per heavy atom. The van der Waals surface area contributed by atoms with Gasteiger partial charge in [-0.3, -0.25) is 4.79 Å². The maximum absolute atomic E-state index is 12.2. The van der Waals surface area contributed by atoms with Crippen molar-refractivity contribution in [1.82, 2.24) is 23.5 Å². The smallest absolute Gasteiger partial charge is 0.281 e. The maximum atomic E-state index is 12.2. The van der Waals surface area contributed by atoms with Crippen molar-refractivity contribution in [3.05, 3.63) is 18.7 Å². The van der Waals surface area contributed by atoms with Crippen LogP contribution in [-0.4, -0.2) is 66.2 Å². The van der Waals surface area contributed by atoms with Gasteiger partial charge in [0.05, 0.1) is 12.2 Å². The molecule has 2 rings (SSSR count). The van der Waals surface area contributed by atoms with Gasteiger partial charge in [0, 0.05) is 52.7 Å². The number of carbonyl (C=O) groups is 1. The van der Waals surface area contributed by atoms with Crippen LogP contribution in [-0.2, 0) is 21.5 Å². The number of amides is 1. The highest BCUT2D eigenvalue weighted by Gasteiger charge is 2.33. The minimum absolute atomic E-state index is 0.0608. The number of hydrogen-bond donors (Lipinski definition) is 1. The van der Waals surface area contributed by atoms with E-state index in [-0.39, 0.29) is 18.4 Å². The van der Waals surface area contributed by atoms with E-state index in [0.717, 1.165) is 19.4 Å². The van der Waals surface area contributed by atoms with Gasteiger partial charge >= 0.3 is 0 Å². The minimum atomic E-state index is -3.44. The molecule has 1 saturated heterocycles. The van der Waals surface area contributed by atoms with Crippen LogP contribution < -0.4 is 5.32 Å². The van der Waals surface area contributed by atoms with Crippen LogP contribution in [0, 0.1) is 5.92 Å². The highest BCUT2D eigenvalue weighted by molar-refractivity contribution is 7.86. The van der Waals surface area contributed by atoms with Crippen LogP contribution in [0.3, 0.4) is 0 Å². The third kappa shape index (κ3) is 4.76. The number of imidazole rings is 1. The standard InChI is InChI=1S/C14H25N5O3S/c1-17(2)23(21,22)19-9-3-5-13(11-19)14(20)16-6-4-8-18-10-7-15-12-18/h7,10,12-13H,3-6,8-9,11H2,1-2H3,(H,16,20)/t13-/m0/s1. The summed E-state index contributed by atoms with van der Waals surface area (Å²) in [6, 6.07) is 0. The average molecular weight is 343 g/mol. The van der Waals surface area contributed by atoms with Crippen molar-refractivity contribution in [3.63, 3.8) is 0 Å². The fraction of sp³-hybridized carbons (Fsp3) is 0.714. The Morgan fingerprint density at radius 2 is 2.22 bits per heavy atom. The lowest BCUT2D eigenvalue weighted by Crippen LogP contribution is -2.48. The molecule has 1 fully saturated rings. The predicted octanol–water partition coefficient (Wildman–Crippen LogP) is -0.0922. The van der Waals surface area contributed by atoms with Crippen LogP contribution >= 0.6 is 0 Å². The van der Waals surface area contributed by atoms with E-state index in [2.05, 4.69) is 10.3 Å². The van der Waals surface area contributed by atoms with Crippen molar-refractivity contribution in [1.29, 1.82) is 0 Å². The minimum Gasteiger partial charge on any atom is -0.356 e. The van der Waals surface area contributed by atoms with Gasteiger partial charge in [0.2, 0.25) is 5.91 Å². The van der Waals surface area contributed by atoms with E-state index in [4.69, 9.17) is 0 Å². The zero-order valence-corrected chi connectivity index (χ0v) is 14.5. The van der Waals surface area contributed by atoms with Crippen molar-refractivity contribution in [3.8, 4) is 0 Å². The Morgan fingerprint density at radius 1 is 1.43 bits per heavy atom. The molecule has 1 aromatic rings. The van der Waals surface area contributed by atoms with Gasteiger partial charge in [0.25, 0.3) is 10.2 Å². The summed E-state index contributed by atoms with van der Waals surface area (Å²) in [5, 5.41) is 2.91. The van der Waals surface area contributed by atoms with Gasteiger partial charge in [-0.15, -0.1) is 0 Å². The number of aromatic nitrogens is 2. The van der Waals surface area contributed by atoms with Gasteiger partial charge in [0.15, 0.2) is 0 Å². The molecule has 0 aliphatic carbocycles. The second-order valence-electron chi connectivity index (χ2n) is 5.93. The second kappa shape index (κ2) is 7.89. The molecule has 1 N–H and O–H groups in total. The first kappa shape index (κ1) is 17.9. The highest BCUT2D eigenvalue weighted by atomic mass is 32.2. The average Bonchev–Trinajstić information content (AvgIpc) is 3.04. The van der Waals surface area contributed by atoms with Crippen LogP contribution in [0.15, 0.2) is 18.7 Å². The Hall–Kier alpha value is -1.45. The van der Waals surface area contributed by atoms with Crippen molar-refractivity contribution in [2.45, 2.75) is 25.8 Å². The van der Waals surface area contributed by atoms with Gasteiger partial charge in [-0.25, -0.2) is 4.98 Å². The lowest BCUT2D eigenvalue weighted by atomic mass is 9.99. The molecule has 0 radical (unpaired) electrons. The van der Waals surface area contributed by atoms with Crippen molar-refractivity contribution >= 4 is 16.1 Å². The number of hydrogen-bond acceptors (Lipinski definition) is 4. The molecule has 130 valence electrons. The summed E-state index contributed by atoms with van der Waals surface area (Å²) in [5.74, 6) is -0.332. The molecule has 9 heteroatoms. The fourth-order valence-electron chi connectivity index (χ4n) is 2.63. The number of nitrogens with zero attached hydrogens (tertiary/aromatic N) is 4. The molecule has 0 saturated carbocycles. The molecule has 0 bridgehead atoms. The molecular formula is C14H25N5O3S. The Balaban J connectivity index is 1.78. The van der Waals surface area contributed by atoms with E-state index in [1.54, 1.807) is 12.5 Å². The molecule has 1 aromatic heterocycles. The van der Waals surface area contributed by atoms with Gasteiger partial charge in [0.1, 0.15) is 0 Å². The maximum Gasteiger partial charge on any atom is 0.281 e. The van der Waals surface area contributed by atoms with E-state index < -0.39 is 10.2 Å². The predicted molar refractivity (Wildman–Crippen MR) is 86.8 cm³/mol. The van der Waals surface area contributed by atoms with Crippen LogP contribution in [0.4, 0.5) is 0 Å². The Labute approximate surface area is 137 Å². The molecular weight excluding hydrogens is 318 g/mol. The number of aryl methyl sites for hydroxylation is 1. The lowest BCUT2D eigenvalue weighted by Gasteiger charge is -2.32. The van der Waals surface area contributed by atoms with Crippen molar-refractivity contribution in [2.24, 2.45) is 5.92 Å². The summed E-state index contributed by atoms with van der Waals surface area (Å²) in [6.07, 6.45) is 7.60. The van der Waals surface area contributed by atoms with Crippen LogP contribution in [0.5, 0.6) is 0 Å². The molecule has 0 aromatic carbocycles. The number of nitrogens with one attached hydrogen (secondary N) is 1. The first-order valence-electron chi connectivity index (χ1n) is 7.82. The summed E-state index contributed by atoms with van der Waals surface area (Å²) >= 11 is 0. The summed E-state index contributed by atoms with van der Waals surface area (Å²) < 4.78 is 28.9. The molecule has 8 nitrogen and oxygen atoms in total. The topological polar surface area (TPSA) is 87.5 Å². The molecule has 1 aliphatic heterocycles. The molecule has 1 amide bonds. The van der Waals surface area contributed by atoms with Crippen molar-refractivity contribution in [2.75, 3.05) is 33.7 Å². The van der Waals surface area contributed by atoms with Crippen LogP contribution in [0.25, 0.3) is 0 Å². The largest absolute Gasteiger partial charge is 0.356 e. The fourth-order valence-corrected chi connectivity index (χ4v) is 3.82. The zero-order valence-electron chi connectivity index (χ0n) is 13.7. The third-order valence-corrected chi connectivity index (χ3v) is 5.90. The van der Waals surface area contributed by atoms with Crippen LogP contribution in [0.2, 0.25) is 0 Å². The van der Waals surface area contributed by atoms with E-state index in [1.807, 2.05) is 10.8 Å². The van der Waals surface area contributed by atoms with Gasteiger partial charge in [-0.1, -0.05) is 0 Å². The molecule has 23 heavy (non-hydrogen) atoms. The van der Waals surface area contributed by atoms with Crippen molar-refractivity contribution < 1.29 is 13.2 Å². The Kier molecular flexibility index (Phi) is 6.14. The number of rotatable bonds is 7. The van der Waals surface area contributed by atoms with E-state index in [1.165, 1.54) is 22.7 Å². The quantitative estimate of drug-likeness (QED) is 0.701. The third-order valence-electron chi connectivity index (χ3n) is 3.99. The summed E-state index contributed by atoms with van der Waals surface area (Å²) in [6.45, 7) is 2.11. The normalized spacial score (nSPS) is 19.9. The van der Waals surface area contributed by atoms with Gasteiger partial charge in [-0.05, 0) is 19.3 Å². The molecule has 1 aliphatic rings. The summed E-state index contributed by atoms with van der Waals surface area (Å²) in [5.41, 5.74) is 0. The molecule has 0 spiro atoms. The summed E-state index contributed by atoms with van der Waals surface area (Å²) in [4.78, 5) is 16.2. The summed E-state index contributed by atoms with van der Waals surface area (Å²) in [7, 11) is -0.427. The lowest BCUT2D eigenvalue weighted by molar-refractivity contribution is -0.126. The number of piperidine rings is 1. The van der Waals surface area contributed by atoms with Gasteiger partial charge in [-0.2, -0.15) is 17.0 Å². The monoisotopic (exact) mass is 343 g/mol. The highest BCUT2D eigenvalue weighted by Crippen LogP contribution is 2.20. The molecule has 1 atom stereocenters. The van der Waals surface area contributed by atoms with E-state index in [9.17, 15) is 13.2 Å². The first-order valence-corrected chi connectivity index (χ1v) is 9.22. The first-order chi connectivity index (χ1) is 10.9. The van der Waals surface area contributed by atoms with Crippen LogP contribution in [0.1, 0.15) is 19.3 Å².